The van der Waals surface area contributed by atoms with Crippen LogP contribution in [0.1, 0.15) is 41.0 Å². The topological polar surface area (TPSA) is 95.9 Å². The summed E-state index contributed by atoms with van der Waals surface area (Å²) < 4.78 is 30.4. The Morgan fingerprint density at radius 3 is 2.43 bits per heavy atom. The number of nitrogens with one attached hydrogen (secondary N) is 1. The summed E-state index contributed by atoms with van der Waals surface area (Å²) in [6, 6.07) is -0.384. The van der Waals surface area contributed by atoms with Gasteiger partial charge in [-0.1, -0.05) is 6.08 Å². The zero-order valence-electron chi connectivity index (χ0n) is 14.2. The molecule has 0 radical (unpaired) electrons. The van der Waals surface area contributed by atoms with Crippen molar-refractivity contribution in [1.82, 2.24) is 9.62 Å². The van der Waals surface area contributed by atoms with Crippen LogP contribution in [0.15, 0.2) is 23.6 Å². The van der Waals surface area contributed by atoms with Crippen molar-refractivity contribution in [3.05, 3.63) is 23.6 Å². The summed E-state index contributed by atoms with van der Waals surface area (Å²) in [6.07, 6.45) is 3.45. The molecule has 1 unspecified atom stereocenters. The third-order valence-electron chi connectivity index (χ3n) is 3.68. The number of allylic oxidation sites excluding steroid dienone is 2. The number of nitrogens with zero attached hydrogens (tertiary/aromatic N) is 1. The van der Waals surface area contributed by atoms with Crippen LogP contribution >= 0.6 is 0 Å². The molecule has 1 rings (SSSR count). The van der Waals surface area contributed by atoms with Crippen molar-refractivity contribution in [3.63, 3.8) is 0 Å². The van der Waals surface area contributed by atoms with Crippen molar-refractivity contribution in [2.24, 2.45) is 0 Å². The van der Waals surface area contributed by atoms with Gasteiger partial charge in [-0.25, -0.2) is 8.42 Å². The highest BCUT2D eigenvalue weighted by Crippen LogP contribution is 2.31. The van der Waals surface area contributed by atoms with Crippen LogP contribution in [0.3, 0.4) is 0 Å². The van der Waals surface area contributed by atoms with Gasteiger partial charge in [0.15, 0.2) is 0 Å². The number of ether oxygens (including phenoxy) is 1. The lowest BCUT2D eigenvalue weighted by atomic mass is 10.0. The van der Waals surface area contributed by atoms with Crippen molar-refractivity contribution in [2.45, 2.75) is 58.8 Å². The average Bonchev–Trinajstić information content (AvgIpc) is 2.46. The van der Waals surface area contributed by atoms with E-state index in [-0.39, 0.29) is 18.7 Å². The van der Waals surface area contributed by atoms with E-state index in [1.807, 2.05) is 0 Å². The molecule has 132 valence electrons. The molecule has 0 bridgehead atoms. The van der Waals surface area contributed by atoms with Crippen LogP contribution in [0.5, 0.6) is 0 Å². The lowest BCUT2D eigenvalue weighted by molar-refractivity contribution is -0.136. The second-order valence-corrected chi connectivity index (χ2v) is 6.82. The third kappa shape index (κ3) is 4.71. The Hall–Kier alpha value is -1.54. The fraction of sp³-hybridized carbons (Fsp3) is 0.667. The number of hydrogen-bond acceptors (Lipinski definition) is 5. The van der Waals surface area contributed by atoms with Gasteiger partial charge in [0, 0.05) is 13.0 Å². The lowest BCUT2D eigenvalue weighted by Gasteiger charge is -2.40. The molecule has 0 aromatic carbocycles. The number of morpholine rings is 1. The van der Waals surface area contributed by atoms with E-state index in [0.717, 1.165) is 0 Å². The van der Waals surface area contributed by atoms with E-state index in [1.54, 1.807) is 32.9 Å². The van der Waals surface area contributed by atoms with Crippen molar-refractivity contribution in [3.8, 4) is 0 Å². The Morgan fingerprint density at radius 1 is 1.39 bits per heavy atom. The van der Waals surface area contributed by atoms with Crippen LogP contribution in [0, 0.1) is 0 Å². The minimum atomic E-state index is -2.79. The number of aliphatic hydroxyl groups is 1. The molecule has 1 amide bonds. The number of amides is 1. The zero-order chi connectivity index (χ0) is 17.8. The van der Waals surface area contributed by atoms with Gasteiger partial charge in [0.25, 0.3) is 5.91 Å². The van der Waals surface area contributed by atoms with E-state index in [4.69, 9.17) is 4.74 Å². The normalized spacial score (nSPS) is 25.8. The number of rotatable bonds is 5. The Labute approximate surface area is 139 Å². The molecule has 0 spiro atoms. The van der Waals surface area contributed by atoms with E-state index in [0.29, 0.717) is 17.9 Å². The molecule has 7 nitrogen and oxygen atoms in total. The molecular formula is C15H26N2O5S. The second-order valence-electron chi connectivity index (χ2n) is 5.91. The van der Waals surface area contributed by atoms with E-state index in [9.17, 15) is 18.3 Å². The molecule has 1 heterocycles. The number of thiol groups is 1. The highest BCUT2D eigenvalue weighted by molar-refractivity contribution is 7.70. The van der Waals surface area contributed by atoms with Crippen LogP contribution in [0.4, 0.5) is 0 Å². The van der Waals surface area contributed by atoms with Crippen molar-refractivity contribution in [1.29, 1.82) is 0 Å². The number of carbonyl (C=O) groups excluding carboxylic acids is 1. The van der Waals surface area contributed by atoms with E-state index in [2.05, 4.69) is 5.32 Å². The molecule has 0 aliphatic carbocycles. The first-order valence-corrected chi connectivity index (χ1v) is 8.70. The highest BCUT2D eigenvalue weighted by atomic mass is 32.2. The number of carbonyl (C=O) groups is 1. The Morgan fingerprint density at radius 2 is 2.00 bits per heavy atom. The molecule has 8 heteroatoms. The summed E-state index contributed by atoms with van der Waals surface area (Å²) in [5, 5.41) is 12.2. The summed E-state index contributed by atoms with van der Waals surface area (Å²) in [5.41, 5.74) is -0.927. The maximum Gasteiger partial charge on any atom is 0.251 e. The fourth-order valence-electron chi connectivity index (χ4n) is 2.38. The molecule has 2 N–H and O–H groups in total. The molecule has 1 aliphatic heterocycles. The van der Waals surface area contributed by atoms with Crippen LogP contribution in [-0.2, 0) is 20.4 Å². The summed E-state index contributed by atoms with van der Waals surface area (Å²) >= 11 is 0. The van der Waals surface area contributed by atoms with E-state index < -0.39 is 22.4 Å². The van der Waals surface area contributed by atoms with Gasteiger partial charge in [0.05, 0.1) is 11.7 Å². The van der Waals surface area contributed by atoms with Crippen LogP contribution in [-0.4, -0.2) is 48.0 Å². The van der Waals surface area contributed by atoms with Gasteiger partial charge in [0.1, 0.15) is 17.5 Å². The summed E-state index contributed by atoms with van der Waals surface area (Å²) in [5.74, 6) is 0.0248. The monoisotopic (exact) mass is 346 g/mol. The molecule has 0 aromatic heterocycles. The van der Waals surface area contributed by atoms with Crippen LogP contribution in [0.25, 0.3) is 0 Å². The number of hydrogen-bond donors (Lipinski definition) is 3. The van der Waals surface area contributed by atoms with Crippen LogP contribution < -0.4 is 5.32 Å². The first-order chi connectivity index (χ1) is 10.6. The Bertz CT molecular complexity index is 567. The quantitative estimate of drug-likeness (QED) is 0.637. The minimum absolute atomic E-state index is 0.281. The molecule has 23 heavy (non-hydrogen) atoms. The minimum Gasteiger partial charge on any atom is -0.486 e. The van der Waals surface area contributed by atoms with Gasteiger partial charge in [-0.2, -0.15) is 0 Å². The SMILES string of the molecule is C/C=C1/OC(CCNC(=O)C(C)(C)O)[C@@H](C)N([SH](=O)=O)/C1=C/C. The Kier molecular flexibility index (Phi) is 6.64. The highest BCUT2D eigenvalue weighted by Gasteiger charge is 2.36. The molecule has 1 fully saturated rings. The summed E-state index contributed by atoms with van der Waals surface area (Å²) in [7, 11) is -2.79. The molecule has 0 aromatic rings. The van der Waals surface area contributed by atoms with Gasteiger partial charge in [-0.15, -0.1) is 0 Å². The summed E-state index contributed by atoms with van der Waals surface area (Å²) in [4.78, 5) is 11.6. The third-order valence-corrected chi connectivity index (χ3v) is 4.61. The zero-order valence-corrected chi connectivity index (χ0v) is 15.1. The standard InChI is InChI=1S/C15H26N2O5S/c1-6-11-12(7-2)22-13(10(3)17(11)23(20)21)8-9-16-14(18)15(4,5)19/h6-7,10,13,19,23H,8-9H2,1-5H3,(H,16,18)/b11-6+,12-7+/t10-,13?/m1/s1. The van der Waals surface area contributed by atoms with Crippen molar-refractivity contribution in [2.75, 3.05) is 6.54 Å². The molecular weight excluding hydrogens is 320 g/mol. The first-order valence-electron chi connectivity index (χ1n) is 7.57. The predicted octanol–water partition coefficient (Wildman–Crippen LogP) is 0.687. The molecule has 2 atom stereocenters. The van der Waals surface area contributed by atoms with Gasteiger partial charge in [0.2, 0.25) is 10.9 Å². The van der Waals surface area contributed by atoms with Gasteiger partial charge < -0.3 is 15.2 Å². The van der Waals surface area contributed by atoms with E-state index >= 15 is 0 Å². The van der Waals surface area contributed by atoms with Crippen LogP contribution in [0.2, 0.25) is 0 Å². The first kappa shape index (κ1) is 19.5. The Balaban J connectivity index is 2.82. The predicted molar refractivity (Wildman–Crippen MR) is 87.9 cm³/mol. The molecule has 1 saturated heterocycles. The van der Waals surface area contributed by atoms with Crippen molar-refractivity contribution < 1.29 is 23.1 Å². The van der Waals surface area contributed by atoms with Crippen molar-refractivity contribution >= 4 is 16.8 Å². The van der Waals surface area contributed by atoms with Gasteiger partial charge in [-0.05, 0) is 40.7 Å². The maximum absolute atomic E-state index is 11.6. The second kappa shape index (κ2) is 7.83. The molecule has 1 aliphatic rings. The molecule has 0 saturated carbocycles. The average molecular weight is 346 g/mol. The van der Waals surface area contributed by atoms with E-state index in [1.165, 1.54) is 18.2 Å². The smallest absolute Gasteiger partial charge is 0.251 e. The largest absolute Gasteiger partial charge is 0.486 e. The lowest BCUT2D eigenvalue weighted by Crippen LogP contribution is -2.48. The van der Waals surface area contributed by atoms with Gasteiger partial charge >= 0.3 is 0 Å². The van der Waals surface area contributed by atoms with Gasteiger partial charge in [-0.3, -0.25) is 9.10 Å². The maximum atomic E-state index is 11.6. The summed E-state index contributed by atoms with van der Waals surface area (Å²) in [6.45, 7) is 8.39. The fourth-order valence-corrected chi connectivity index (χ4v) is 3.22.